The lowest BCUT2D eigenvalue weighted by Gasteiger charge is -2.29. The predicted molar refractivity (Wildman–Crippen MR) is 69.9 cm³/mol. The van der Waals surface area contributed by atoms with Crippen LogP contribution >= 0.6 is 0 Å². The molecule has 1 saturated carbocycles. The first-order chi connectivity index (χ1) is 8.15. The lowest BCUT2D eigenvalue weighted by Crippen LogP contribution is -2.38. The van der Waals surface area contributed by atoms with E-state index in [-0.39, 0.29) is 6.04 Å². The molecule has 2 rings (SSSR count). The van der Waals surface area contributed by atoms with Crippen molar-refractivity contribution in [3.05, 3.63) is 29.8 Å². The van der Waals surface area contributed by atoms with Gasteiger partial charge in [0.1, 0.15) is 5.75 Å². The summed E-state index contributed by atoms with van der Waals surface area (Å²) in [4.78, 5) is 0. The number of benzene rings is 1. The van der Waals surface area contributed by atoms with Gasteiger partial charge < -0.3 is 16.2 Å². The highest BCUT2D eigenvalue weighted by Gasteiger charge is 2.20. The first kappa shape index (κ1) is 12.4. The van der Waals surface area contributed by atoms with E-state index in [1.807, 2.05) is 18.2 Å². The normalized spacial score (nSPS) is 26.7. The van der Waals surface area contributed by atoms with E-state index in [1.54, 1.807) is 6.07 Å². The molecule has 1 aliphatic rings. The fourth-order valence-electron chi connectivity index (χ4n) is 2.53. The van der Waals surface area contributed by atoms with E-state index in [0.29, 0.717) is 17.8 Å². The van der Waals surface area contributed by atoms with Gasteiger partial charge in [0.15, 0.2) is 0 Å². The number of rotatable bonds is 3. The van der Waals surface area contributed by atoms with Gasteiger partial charge in [0, 0.05) is 18.1 Å². The zero-order valence-corrected chi connectivity index (χ0v) is 10.4. The Morgan fingerprint density at radius 2 is 2.00 bits per heavy atom. The second-order valence-electron chi connectivity index (χ2n) is 5.10. The molecule has 0 heterocycles. The van der Waals surface area contributed by atoms with Crippen molar-refractivity contribution < 1.29 is 5.11 Å². The summed E-state index contributed by atoms with van der Waals surface area (Å²) >= 11 is 0. The van der Waals surface area contributed by atoms with Crippen LogP contribution in [0.3, 0.4) is 0 Å². The monoisotopic (exact) mass is 234 g/mol. The first-order valence-corrected chi connectivity index (χ1v) is 6.45. The standard InChI is InChI=1S/C14H22N2O/c1-10(11-3-2-4-14(17)9-11)16-13-7-5-12(15)6-8-13/h2-4,9-10,12-13,16-17H,5-8,15H2,1H3. The quantitative estimate of drug-likeness (QED) is 0.752. The van der Waals surface area contributed by atoms with Gasteiger partial charge in [0.25, 0.3) is 0 Å². The highest BCUT2D eigenvalue weighted by atomic mass is 16.3. The highest BCUT2D eigenvalue weighted by Crippen LogP contribution is 2.22. The molecule has 0 radical (unpaired) electrons. The van der Waals surface area contributed by atoms with Crippen molar-refractivity contribution in [2.45, 2.75) is 50.7 Å². The second kappa shape index (κ2) is 5.52. The largest absolute Gasteiger partial charge is 0.508 e. The molecule has 3 heteroatoms. The molecule has 4 N–H and O–H groups in total. The van der Waals surface area contributed by atoms with Crippen molar-refractivity contribution in [1.29, 1.82) is 0 Å². The summed E-state index contributed by atoms with van der Waals surface area (Å²) < 4.78 is 0. The van der Waals surface area contributed by atoms with Gasteiger partial charge in [-0.1, -0.05) is 12.1 Å². The van der Waals surface area contributed by atoms with E-state index in [9.17, 15) is 5.11 Å². The first-order valence-electron chi connectivity index (χ1n) is 6.45. The maximum atomic E-state index is 9.46. The zero-order valence-electron chi connectivity index (χ0n) is 10.4. The average Bonchev–Trinajstić information content (AvgIpc) is 2.32. The van der Waals surface area contributed by atoms with Crippen molar-refractivity contribution in [2.75, 3.05) is 0 Å². The number of phenolic OH excluding ortho intramolecular Hbond substituents is 1. The van der Waals surface area contributed by atoms with Gasteiger partial charge in [0.2, 0.25) is 0 Å². The molecule has 0 amide bonds. The summed E-state index contributed by atoms with van der Waals surface area (Å²) in [7, 11) is 0. The molecule has 0 bridgehead atoms. The molecule has 1 unspecified atom stereocenters. The van der Waals surface area contributed by atoms with Crippen LogP contribution in [0.25, 0.3) is 0 Å². The summed E-state index contributed by atoms with van der Waals surface area (Å²) in [5, 5.41) is 13.1. The predicted octanol–water partition coefficient (Wildman–Crippen LogP) is 2.31. The fraction of sp³-hybridized carbons (Fsp3) is 0.571. The van der Waals surface area contributed by atoms with Crippen molar-refractivity contribution in [3.63, 3.8) is 0 Å². The molecule has 1 aromatic rings. The van der Waals surface area contributed by atoms with Crippen molar-refractivity contribution in [3.8, 4) is 5.75 Å². The lowest BCUT2D eigenvalue weighted by atomic mass is 9.91. The van der Waals surface area contributed by atoms with E-state index in [2.05, 4.69) is 12.2 Å². The third-order valence-corrected chi connectivity index (χ3v) is 3.63. The van der Waals surface area contributed by atoms with Crippen LogP contribution in [0.4, 0.5) is 0 Å². The third-order valence-electron chi connectivity index (χ3n) is 3.63. The molecule has 1 aromatic carbocycles. The van der Waals surface area contributed by atoms with E-state index in [1.165, 1.54) is 0 Å². The number of hydrogen-bond acceptors (Lipinski definition) is 3. The van der Waals surface area contributed by atoms with Gasteiger partial charge in [0.05, 0.1) is 0 Å². The van der Waals surface area contributed by atoms with Crippen LogP contribution in [-0.4, -0.2) is 17.2 Å². The fourth-order valence-corrected chi connectivity index (χ4v) is 2.53. The summed E-state index contributed by atoms with van der Waals surface area (Å²) in [6, 6.07) is 8.70. The molecule has 94 valence electrons. The minimum atomic E-state index is 0.279. The molecule has 17 heavy (non-hydrogen) atoms. The van der Waals surface area contributed by atoms with Crippen LogP contribution in [-0.2, 0) is 0 Å². The van der Waals surface area contributed by atoms with Gasteiger partial charge in [-0.3, -0.25) is 0 Å². The maximum Gasteiger partial charge on any atom is 0.115 e. The third kappa shape index (κ3) is 3.45. The maximum absolute atomic E-state index is 9.46. The van der Waals surface area contributed by atoms with E-state index in [0.717, 1.165) is 31.2 Å². The van der Waals surface area contributed by atoms with E-state index in [4.69, 9.17) is 5.73 Å². The van der Waals surface area contributed by atoms with Gasteiger partial charge in [-0.2, -0.15) is 0 Å². The van der Waals surface area contributed by atoms with Gasteiger partial charge >= 0.3 is 0 Å². The molecule has 0 saturated heterocycles. The molecule has 1 fully saturated rings. The number of nitrogens with one attached hydrogen (secondary N) is 1. The lowest BCUT2D eigenvalue weighted by molar-refractivity contribution is 0.322. The Balaban J connectivity index is 1.90. The Bertz CT molecular complexity index is 359. The molecular formula is C14H22N2O. The van der Waals surface area contributed by atoms with Crippen LogP contribution in [0.5, 0.6) is 5.75 Å². The van der Waals surface area contributed by atoms with Crippen LogP contribution in [0, 0.1) is 0 Å². The average molecular weight is 234 g/mol. The molecule has 1 atom stereocenters. The topological polar surface area (TPSA) is 58.3 Å². The molecule has 0 aromatic heterocycles. The summed E-state index contributed by atoms with van der Waals surface area (Å²) in [6.45, 7) is 2.14. The summed E-state index contributed by atoms with van der Waals surface area (Å²) in [6.07, 6.45) is 4.55. The van der Waals surface area contributed by atoms with Crippen molar-refractivity contribution in [1.82, 2.24) is 5.32 Å². The Labute approximate surface area is 103 Å². The van der Waals surface area contributed by atoms with Gasteiger partial charge in [-0.15, -0.1) is 0 Å². The van der Waals surface area contributed by atoms with E-state index < -0.39 is 0 Å². The summed E-state index contributed by atoms with van der Waals surface area (Å²) in [5.74, 6) is 0.335. The van der Waals surface area contributed by atoms with Crippen LogP contribution in [0.15, 0.2) is 24.3 Å². The zero-order chi connectivity index (χ0) is 12.3. The highest BCUT2D eigenvalue weighted by molar-refractivity contribution is 5.29. The Morgan fingerprint density at radius 3 is 2.65 bits per heavy atom. The second-order valence-corrected chi connectivity index (χ2v) is 5.10. The Morgan fingerprint density at radius 1 is 1.29 bits per heavy atom. The summed E-state index contributed by atoms with van der Waals surface area (Å²) in [5.41, 5.74) is 7.04. The molecular weight excluding hydrogens is 212 g/mol. The number of hydrogen-bond donors (Lipinski definition) is 3. The van der Waals surface area contributed by atoms with Gasteiger partial charge in [-0.05, 0) is 50.3 Å². The molecule has 3 nitrogen and oxygen atoms in total. The Kier molecular flexibility index (Phi) is 4.02. The SMILES string of the molecule is CC(NC1CCC(N)CC1)c1cccc(O)c1. The minimum absolute atomic E-state index is 0.279. The van der Waals surface area contributed by atoms with E-state index >= 15 is 0 Å². The van der Waals surface area contributed by atoms with Gasteiger partial charge in [-0.25, -0.2) is 0 Å². The van der Waals surface area contributed by atoms with Crippen LogP contribution < -0.4 is 11.1 Å². The minimum Gasteiger partial charge on any atom is -0.508 e. The number of phenols is 1. The number of aromatic hydroxyl groups is 1. The molecule has 0 aliphatic heterocycles. The molecule has 1 aliphatic carbocycles. The number of nitrogens with two attached hydrogens (primary N) is 1. The smallest absolute Gasteiger partial charge is 0.115 e. The van der Waals surface area contributed by atoms with Crippen molar-refractivity contribution >= 4 is 0 Å². The van der Waals surface area contributed by atoms with Crippen LogP contribution in [0.1, 0.15) is 44.2 Å². The Hall–Kier alpha value is -1.06. The van der Waals surface area contributed by atoms with Crippen molar-refractivity contribution in [2.24, 2.45) is 5.73 Å². The molecule has 0 spiro atoms. The van der Waals surface area contributed by atoms with Crippen LogP contribution in [0.2, 0.25) is 0 Å².